The van der Waals surface area contributed by atoms with Crippen molar-refractivity contribution in [3.63, 3.8) is 0 Å². The van der Waals surface area contributed by atoms with Gasteiger partial charge in [0.05, 0.1) is 19.3 Å². The van der Waals surface area contributed by atoms with Crippen molar-refractivity contribution in [1.29, 1.82) is 5.26 Å². The van der Waals surface area contributed by atoms with E-state index in [0.29, 0.717) is 26.2 Å². The summed E-state index contributed by atoms with van der Waals surface area (Å²) in [7, 11) is -3.48. The van der Waals surface area contributed by atoms with Gasteiger partial charge in [0.15, 0.2) is 5.25 Å². The molecular weight excluding hydrogens is 216 g/mol. The van der Waals surface area contributed by atoms with Gasteiger partial charge in [0.1, 0.15) is 0 Å². The summed E-state index contributed by atoms with van der Waals surface area (Å²) >= 11 is 0. The highest BCUT2D eigenvalue weighted by molar-refractivity contribution is 7.90. The van der Waals surface area contributed by atoms with Gasteiger partial charge < -0.3 is 4.74 Å². The molecule has 1 rings (SSSR count). The lowest BCUT2D eigenvalue weighted by Gasteiger charge is -2.34. The Morgan fingerprint density at radius 1 is 1.67 bits per heavy atom. The first-order valence-electron chi connectivity index (χ1n) is 5.02. The number of rotatable bonds is 3. The Morgan fingerprint density at radius 3 is 2.87 bits per heavy atom. The van der Waals surface area contributed by atoms with Gasteiger partial charge in [-0.1, -0.05) is 6.92 Å². The first-order valence-corrected chi connectivity index (χ1v) is 6.52. The molecule has 2 unspecified atom stereocenters. The Bertz CT molecular complexity index is 347. The van der Waals surface area contributed by atoms with Crippen LogP contribution in [0.4, 0.5) is 0 Å². The molecule has 0 radical (unpaired) electrons. The number of ether oxygens (including phenoxy) is 1. The van der Waals surface area contributed by atoms with Crippen LogP contribution in [0.5, 0.6) is 0 Å². The largest absolute Gasteiger partial charge is 0.378 e. The summed E-state index contributed by atoms with van der Waals surface area (Å²) < 4.78 is 30.5. The molecule has 0 spiro atoms. The molecule has 1 saturated heterocycles. The van der Waals surface area contributed by atoms with E-state index < -0.39 is 15.3 Å². The van der Waals surface area contributed by atoms with E-state index >= 15 is 0 Å². The molecule has 1 fully saturated rings. The highest BCUT2D eigenvalue weighted by atomic mass is 32.2. The normalized spacial score (nSPS) is 25.8. The molecule has 15 heavy (non-hydrogen) atoms. The highest BCUT2D eigenvalue weighted by Crippen LogP contribution is 2.18. The summed E-state index contributed by atoms with van der Waals surface area (Å²) in [6.45, 7) is 4.52. The van der Waals surface area contributed by atoms with Crippen molar-refractivity contribution < 1.29 is 13.2 Å². The third-order valence-corrected chi connectivity index (χ3v) is 4.73. The van der Waals surface area contributed by atoms with E-state index in [2.05, 4.69) is 0 Å². The monoisotopic (exact) mass is 232 g/mol. The summed E-state index contributed by atoms with van der Waals surface area (Å²) in [6.07, 6.45) is 0.706. The SMILES string of the molecule is CCC1COCCN1S(=O)(=O)C(C)C#N. The molecule has 0 aromatic heterocycles. The molecule has 86 valence electrons. The lowest BCUT2D eigenvalue weighted by atomic mass is 10.2. The second-order valence-electron chi connectivity index (χ2n) is 3.56. The summed E-state index contributed by atoms with van der Waals surface area (Å²) in [4.78, 5) is 0. The van der Waals surface area contributed by atoms with Gasteiger partial charge in [-0.15, -0.1) is 0 Å². The first-order chi connectivity index (χ1) is 7.04. The molecule has 2 atom stereocenters. The summed E-state index contributed by atoms with van der Waals surface area (Å²) in [5.74, 6) is 0. The number of nitriles is 1. The molecule has 1 heterocycles. The Hall–Kier alpha value is -0.640. The zero-order valence-corrected chi connectivity index (χ0v) is 9.83. The molecule has 0 amide bonds. The molecule has 0 saturated carbocycles. The molecule has 1 aliphatic heterocycles. The van der Waals surface area contributed by atoms with Crippen LogP contribution in [0.25, 0.3) is 0 Å². The van der Waals surface area contributed by atoms with Crippen molar-refractivity contribution >= 4 is 10.0 Å². The summed E-state index contributed by atoms with van der Waals surface area (Å²) in [5.41, 5.74) is 0. The van der Waals surface area contributed by atoms with E-state index in [9.17, 15) is 8.42 Å². The van der Waals surface area contributed by atoms with Crippen LogP contribution in [-0.4, -0.2) is 43.8 Å². The predicted octanol–water partition coefficient (Wildman–Crippen LogP) is 0.339. The smallest absolute Gasteiger partial charge is 0.230 e. The minimum absolute atomic E-state index is 0.125. The van der Waals surface area contributed by atoms with Crippen LogP contribution in [0.1, 0.15) is 20.3 Å². The Morgan fingerprint density at radius 2 is 2.33 bits per heavy atom. The number of hydrogen-bond acceptors (Lipinski definition) is 4. The van der Waals surface area contributed by atoms with Gasteiger partial charge in [-0.2, -0.15) is 9.57 Å². The second-order valence-corrected chi connectivity index (χ2v) is 5.77. The van der Waals surface area contributed by atoms with Crippen LogP contribution in [0, 0.1) is 11.3 Å². The van der Waals surface area contributed by atoms with Crippen molar-refractivity contribution in [2.24, 2.45) is 0 Å². The van der Waals surface area contributed by atoms with E-state index in [1.807, 2.05) is 6.92 Å². The molecular formula is C9H16N2O3S. The van der Waals surface area contributed by atoms with Gasteiger partial charge in [-0.3, -0.25) is 0 Å². The molecule has 1 aliphatic rings. The molecule has 0 aliphatic carbocycles. The summed E-state index contributed by atoms with van der Waals surface area (Å²) in [6, 6.07) is 1.65. The Kier molecular flexibility index (Phi) is 4.08. The van der Waals surface area contributed by atoms with E-state index in [4.69, 9.17) is 10.00 Å². The molecule has 0 aromatic carbocycles. The van der Waals surface area contributed by atoms with E-state index in [1.54, 1.807) is 6.07 Å². The topological polar surface area (TPSA) is 70.4 Å². The van der Waals surface area contributed by atoms with Gasteiger partial charge in [0.2, 0.25) is 10.0 Å². The van der Waals surface area contributed by atoms with Crippen molar-refractivity contribution in [2.75, 3.05) is 19.8 Å². The van der Waals surface area contributed by atoms with Crippen molar-refractivity contribution in [1.82, 2.24) is 4.31 Å². The Labute approximate surface area is 90.7 Å². The number of sulfonamides is 1. The fourth-order valence-corrected chi connectivity index (χ4v) is 3.06. The maximum absolute atomic E-state index is 11.9. The second kappa shape index (κ2) is 4.92. The maximum atomic E-state index is 11.9. The van der Waals surface area contributed by atoms with Gasteiger partial charge >= 0.3 is 0 Å². The Balaban J connectivity index is 2.90. The van der Waals surface area contributed by atoms with Gasteiger partial charge in [0.25, 0.3) is 0 Å². The zero-order chi connectivity index (χ0) is 11.5. The third kappa shape index (κ3) is 2.48. The van der Waals surface area contributed by atoms with E-state index in [-0.39, 0.29) is 6.04 Å². The molecule has 0 aromatic rings. The van der Waals surface area contributed by atoms with Crippen molar-refractivity contribution in [3.8, 4) is 6.07 Å². The predicted molar refractivity (Wildman–Crippen MR) is 55.6 cm³/mol. The third-order valence-electron chi connectivity index (χ3n) is 2.60. The lowest BCUT2D eigenvalue weighted by Crippen LogP contribution is -2.50. The number of nitrogens with zero attached hydrogens (tertiary/aromatic N) is 2. The van der Waals surface area contributed by atoms with Crippen LogP contribution in [0.3, 0.4) is 0 Å². The molecule has 0 N–H and O–H groups in total. The average molecular weight is 232 g/mol. The zero-order valence-electron chi connectivity index (χ0n) is 9.01. The molecule has 5 nitrogen and oxygen atoms in total. The summed E-state index contributed by atoms with van der Waals surface area (Å²) in [5, 5.41) is 7.69. The first kappa shape index (κ1) is 12.4. The van der Waals surface area contributed by atoms with Gasteiger partial charge in [-0.05, 0) is 13.3 Å². The fraction of sp³-hybridized carbons (Fsp3) is 0.889. The van der Waals surface area contributed by atoms with Gasteiger partial charge in [0, 0.05) is 12.6 Å². The van der Waals surface area contributed by atoms with Crippen molar-refractivity contribution in [2.45, 2.75) is 31.6 Å². The quantitative estimate of drug-likeness (QED) is 0.703. The average Bonchev–Trinajstić information content (AvgIpc) is 2.27. The van der Waals surface area contributed by atoms with Crippen LogP contribution >= 0.6 is 0 Å². The molecule has 0 bridgehead atoms. The van der Waals surface area contributed by atoms with E-state index in [0.717, 1.165) is 0 Å². The number of hydrogen-bond donors (Lipinski definition) is 0. The van der Waals surface area contributed by atoms with Gasteiger partial charge in [-0.25, -0.2) is 8.42 Å². The fourth-order valence-electron chi connectivity index (χ4n) is 1.57. The lowest BCUT2D eigenvalue weighted by molar-refractivity contribution is 0.0312. The molecule has 6 heteroatoms. The van der Waals surface area contributed by atoms with Crippen LogP contribution in [-0.2, 0) is 14.8 Å². The van der Waals surface area contributed by atoms with E-state index in [1.165, 1.54) is 11.2 Å². The van der Waals surface area contributed by atoms with Crippen molar-refractivity contribution in [3.05, 3.63) is 0 Å². The number of morpholine rings is 1. The minimum atomic E-state index is -3.48. The van der Waals surface area contributed by atoms with Crippen LogP contribution in [0.2, 0.25) is 0 Å². The minimum Gasteiger partial charge on any atom is -0.378 e. The maximum Gasteiger partial charge on any atom is 0.230 e. The standard InChI is InChI=1S/C9H16N2O3S/c1-3-9-7-14-5-4-11(9)15(12,13)8(2)6-10/h8-9H,3-5,7H2,1-2H3. The van der Waals surface area contributed by atoms with Crippen LogP contribution < -0.4 is 0 Å². The van der Waals surface area contributed by atoms with Crippen LogP contribution in [0.15, 0.2) is 0 Å². The highest BCUT2D eigenvalue weighted by Gasteiger charge is 2.35.